The molecular formula is C16H32N2O2. The lowest BCUT2D eigenvalue weighted by Gasteiger charge is -2.34. The molecule has 2 rings (SSSR count). The van der Waals surface area contributed by atoms with Crippen LogP contribution in [0.1, 0.15) is 64.2 Å². The van der Waals surface area contributed by atoms with E-state index in [0.717, 1.165) is 13.0 Å². The minimum Gasteiger partial charge on any atom is -0.379 e. The van der Waals surface area contributed by atoms with Crippen LogP contribution < -0.4 is 11.3 Å². The first-order valence-electron chi connectivity index (χ1n) is 8.45. The summed E-state index contributed by atoms with van der Waals surface area (Å²) < 4.78 is 11.5. The molecule has 3 atom stereocenters. The van der Waals surface area contributed by atoms with Gasteiger partial charge >= 0.3 is 0 Å². The maximum absolute atomic E-state index is 5.79. The second kappa shape index (κ2) is 8.98. The Balaban J connectivity index is 1.75. The lowest BCUT2D eigenvalue weighted by molar-refractivity contribution is 0.00431. The van der Waals surface area contributed by atoms with Gasteiger partial charge in [0.15, 0.2) is 0 Å². The summed E-state index contributed by atoms with van der Waals surface area (Å²) in [6.07, 6.45) is 13.3. The second-order valence-corrected chi connectivity index (χ2v) is 6.44. The monoisotopic (exact) mass is 284 g/mol. The highest BCUT2D eigenvalue weighted by Crippen LogP contribution is 2.30. The van der Waals surface area contributed by atoms with Crippen molar-refractivity contribution >= 4 is 0 Å². The van der Waals surface area contributed by atoms with E-state index in [9.17, 15) is 0 Å². The average Bonchev–Trinajstić information content (AvgIpc) is 3.01. The van der Waals surface area contributed by atoms with Crippen LogP contribution in [-0.2, 0) is 9.47 Å². The summed E-state index contributed by atoms with van der Waals surface area (Å²) >= 11 is 0. The van der Waals surface area contributed by atoms with E-state index < -0.39 is 0 Å². The van der Waals surface area contributed by atoms with Gasteiger partial charge in [0.2, 0.25) is 0 Å². The lowest BCUT2D eigenvalue weighted by Crippen LogP contribution is -2.48. The molecule has 3 unspecified atom stereocenters. The Bertz CT molecular complexity index is 251. The number of nitrogens with one attached hydrogen (secondary N) is 1. The van der Waals surface area contributed by atoms with Gasteiger partial charge in [0.05, 0.1) is 12.2 Å². The first kappa shape index (κ1) is 16.2. The van der Waals surface area contributed by atoms with Crippen LogP contribution in [0, 0.1) is 5.92 Å². The first-order chi connectivity index (χ1) is 9.85. The first-order valence-corrected chi connectivity index (χ1v) is 8.45. The van der Waals surface area contributed by atoms with E-state index in [-0.39, 0.29) is 12.1 Å². The topological polar surface area (TPSA) is 56.5 Å². The zero-order chi connectivity index (χ0) is 14.2. The van der Waals surface area contributed by atoms with Gasteiger partial charge in [-0.1, -0.05) is 19.3 Å². The van der Waals surface area contributed by atoms with E-state index in [0.29, 0.717) is 12.0 Å². The quantitative estimate of drug-likeness (QED) is 0.531. The van der Waals surface area contributed by atoms with Gasteiger partial charge in [0, 0.05) is 19.8 Å². The number of rotatable bonds is 8. The molecular weight excluding hydrogens is 252 g/mol. The van der Waals surface area contributed by atoms with Crippen molar-refractivity contribution in [3.05, 3.63) is 0 Å². The van der Waals surface area contributed by atoms with Crippen LogP contribution in [0.25, 0.3) is 0 Å². The molecule has 0 aromatic heterocycles. The Kier molecular flexibility index (Phi) is 7.28. The van der Waals surface area contributed by atoms with Crippen molar-refractivity contribution < 1.29 is 9.47 Å². The third-order valence-electron chi connectivity index (χ3n) is 5.06. The Labute approximate surface area is 123 Å². The van der Waals surface area contributed by atoms with Gasteiger partial charge in [-0.25, -0.2) is 0 Å². The molecule has 118 valence electrons. The average molecular weight is 284 g/mol. The molecule has 1 saturated carbocycles. The summed E-state index contributed by atoms with van der Waals surface area (Å²) in [5.74, 6) is 6.47. The third-order valence-corrected chi connectivity index (χ3v) is 5.06. The highest BCUT2D eigenvalue weighted by atomic mass is 16.5. The van der Waals surface area contributed by atoms with Gasteiger partial charge in [-0.3, -0.25) is 11.3 Å². The van der Waals surface area contributed by atoms with Crippen LogP contribution in [0.2, 0.25) is 0 Å². The fourth-order valence-electron chi connectivity index (χ4n) is 3.93. The predicted molar refractivity (Wildman–Crippen MR) is 81.3 cm³/mol. The number of hydrazine groups is 1. The zero-order valence-corrected chi connectivity index (χ0v) is 13.0. The highest BCUT2D eigenvalue weighted by Gasteiger charge is 2.30. The summed E-state index contributed by atoms with van der Waals surface area (Å²) in [4.78, 5) is 0. The van der Waals surface area contributed by atoms with E-state index >= 15 is 0 Å². The van der Waals surface area contributed by atoms with Gasteiger partial charge in [-0.15, -0.1) is 0 Å². The van der Waals surface area contributed by atoms with Crippen LogP contribution >= 0.6 is 0 Å². The minimum absolute atomic E-state index is 0.268. The lowest BCUT2D eigenvalue weighted by atomic mass is 9.81. The summed E-state index contributed by atoms with van der Waals surface area (Å²) in [7, 11) is 1.84. The van der Waals surface area contributed by atoms with Crippen molar-refractivity contribution in [1.82, 2.24) is 5.43 Å². The van der Waals surface area contributed by atoms with Crippen LogP contribution in [0.4, 0.5) is 0 Å². The van der Waals surface area contributed by atoms with Crippen LogP contribution in [0.5, 0.6) is 0 Å². The minimum atomic E-state index is 0.268. The summed E-state index contributed by atoms with van der Waals surface area (Å²) in [6.45, 7) is 0.950. The number of methoxy groups -OCH3 is 1. The molecule has 1 saturated heterocycles. The molecule has 0 spiro atoms. The molecule has 1 aliphatic carbocycles. The maximum atomic E-state index is 5.79. The number of hydrogen-bond acceptors (Lipinski definition) is 4. The van der Waals surface area contributed by atoms with E-state index in [1.807, 2.05) is 7.11 Å². The van der Waals surface area contributed by atoms with Crippen molar-refractivity contribution in [2.75, 3.05) is 13.7 Å². The fraction of sp³-hybridized carbons (Fsp3) is 1.00. The van der Waals surface area contributed by atoms with Gasteiger partial charge in [-0.05, 0) is 50.9 Å². The van der Waals surface area contributed by atoms with Gasteiger partial charge in [0.1, 0.15) is 0 Å². The molecule has 1 heterocycles. The standard InChI is InChI=1S/C16H32N2O2/c1-19-16(13-7-3-2-4-8-13)15(18-17)11-5-9-14-10-6-12-20-14/h13-16,18H,2-12,17H2,1H3. The normalized spacial score (nSPS) is 27.6. The number of ether oxygens (including phenoxy) is 2. The van der Waals surface area contributed by atoms with Crippen molar-refractivity contribution in [3.8, 4) is 0 Å². The molecule has 1 aliphatic heterocycles. The molecule has 20 heavy (non-hydrogen) atoms. The molecule has 0 aromatic carbocycles. The Hall–Kier alpha value is -0.160. The molecule has 0 amide bonds. The predicted octanol–water partition coefficient (Wildman–Crippen LogP) is 2.76. The van der Waals surface area contributed by atoms with Gasteiger partial charge < -0.3 is 9.47 Å². The van der Waals surface area contributed by atoms with E-state index in [1.54, 1.807) is 0 Å². The van der Waals surface area contributed by atoms with Crippen molar-refractivity contribution in [2.45, 2.75) is 82.5 Å². The number of hydrogen-bond donors (Lipinski definition) is 2. The Morgan fingerprint density at radius 3 is 2.60 bits per heavy atom. The molecule has 3 N–H and O–H groups in total. The van der Waals surface area contributed by atoms with E-state index in [4.69, 9.17) is 15.3 Å². The van der Waals surface area contributed by atoms with Gasteiger partial charge in [-0.2, -0.15) is 0 Å². The molecule has 2 aliphatic rings. The van der Waals surface area contributed by atoms with Crippen molar-refractivity contribution in [1.29, 1.82) is 0 Å². The molecule has 2 fully saturated rings. The van der Waals surface area contributed by atoms with Crippen LogP contribution in [0.3, 0.4) is 0 Å². The molecule has 4 nitrogen and oxygen atoms in total. The summed E-state index contributed by atoms with van der Waals surface area (Å²) in [6, 6.07) is 0.282. The second-order valence-electron chi connectivity index (χ2n) is 6.44. The molecule has 0 aromatic rings. The van der Waals surface area contributed by atoms with Crippen LogP contribution in [-0.4, -0.2) is 32.0 Å². The maximum Gasteiger partial charge on any atom is 0.0765 e. The summed E-state index contributed by atoms with van der Waals surface area (Å²) in [5, 5.41) is 0. The van der Waals surface area contributed by atoms with Gasteiger partial charge in [0.25, 0.3) is 0 Å². The van der Waals surface area contributed by atoms with Crippen molar-refractivity contribution in [3.63, 3.8) is 0 Å². The molecule has 4 heteroatoms. The Morgan fingerprint density at radius 1 is 1.20 bits per heavy atom. The van der Waals surface area contributed by atoms with E-state index in [2.05, 4.69) is 5.43 Å². The smallest absolute Gasteiger partial charge is 0.0765 e. The largest absolute Gasteiger partial charge is 0.379 e. The van der Waals surface area contributed by atoms with Crippen molar-refractivity contribution in [2.24, 2.45) is 11.8 Å². The molecule has 0 radical (unpaired) electrons. The number of nitrogens with two attached hydrogens (primary N) is 1. The van der Waals surface area contributed by atoms with Crippen LogP contribution in [0.15, 0.2) is 0 Å². The third kappa shape index (κ3) is 4.69. The fourth-order valence-corrected chi connectivity index (χ4v) is 3.93. The highest BCUT2D eigenvalue weighted by molar-refractivity contribution is 4.84. The van der Waals surface area contributed by atoms with E-state index in [1.165, 1.54) is 57.8 Å². The molecule has 0 bridgehead atoms. The Morgan fingerprint density at radius 2 is 2.00 bits per heavy atom. The SMILES string of the molecule is COC(C1CCCCC1)C(CCCC1CCCO1)NN. The zero-order valence-electron chi connectivity index (χ0n) is 13.0. The summed E-state index contributed by atoms with van der Waals surface area (Å²) in [5.41, 5.74) is 3.01.